The van der Waals surface area contributed by atoms with Crippen LogP contribution in [-0.4, -0.2) is 18.3 Å². The van der Waals surface area contributed by atoms with Gasteiger partial charge in [-0.1, -0.05) is 40.5 Å². The molecule has 1 amide bonds. The summed E-state index contributed by atoms with van der Waals surface area (Å²) in [5.41, 5.74) is 5.38. The number of hydrogen-bond acceptors (Lipinski definition) is 2. The van der Waals surface area contributed by atoms with Crippen molar-refractivity contribution in [2.75, 3.05) is 7.11 Å². The first-order valence-corrected chi connectivity index (χ1v) is 10.8. The van der Waals surface area contributed by atoms with Crippen molar-refractivity contribution in [3.8, 4) is 5.75 Å². The zero-order chi connectivity index (χ0) is 18.5. The van der Waals surface area contributed by atoms with E-state index in [1.807, 2.05) is 0 Å². The summed E-state index contributed by atoms with van der Waals surface area (Å²) in [6.45, 7) is 2.10. The van der Waals surface area contributed by atoms with Crippen LogP contribution in [0, 0.1) is 18.8 Å². The Morgan fingerprint density at radius 1 is 1.11 bits per heavy atom. The van der Waals surface area contributed by atoms with Crippen LogP contribution in [0.4, 0.5) is 0 Å². The number of carbonyl (C=O) groups is 1. The van der Waals surface area contributed by atoms with E-state index in [0.29, 0.717) is 11.2 Å². The molecule has 0 radical (unpaired) electrons. The smallest absolute Gasteiger partial charge is 0.256 e. The minimum absolute atomic E-state index is 0.0585. The predicted molar refractivity (Wildman–Crippen MR) is 109 cm³/mol. The molecule has 27 heavy (non-hydrogen) atoms. The van der Waals surface area contributed by atoms with E-state index in [4.69, 9.17) is 4.74 Å². The van der Waals surface area contributed by atoms with Gasteiger partial charge in [0.05, 0.1) is 13.0 Å². The van der Waals surface area contributed by atoms with Gasteiger partial charge in [0.25, 0.3) is 5.91 Å². The molecule has 4 atom stereocenters. The number of rotatable bonds is 2. The van der Waals surface area contributed by atoms with E-state index in [-0.39, 0.29) is 22.5 Å². The van der Waals surface area contributed by atoms with Gasteiger partial charge in [0.15, 0.2) is 0 Å². The van der Waals surface area contributed by atoms with Crippen molar-refractivity contribution < 1.29 is 9.53 Å². The van der Waals surface area contributed by atoms with Gasteiger partial charge in [-0.3, -0.25) is 4.79 Å². The molecule has 0 bridgehead atoms. The van der Waals surface area contributed by atoms with Crippen LogP contribution in [0.15, 0.2) is 57.8 Å². The molecule has 4 heteroatoms. The molecule has 1 aliphatic heterocycles. The Labute approximate surface area is 162 Å². The quantitative estimate of drug-likeness (QED) is 0.758. The summed E-state index contributed by atoms with van der Waals surface area (Å²) in [7, 11) is 1.38. The van der Waals surface area contributed by atoms with Gasteiger partial charge in [-0.05, 0) is 73.1 Å². The first-order chi connectivity index (χ1) is 13.2. The second-order valence-corrected chi connectivity index (χ2v) is 9.52. The summed E-state index contributed by atoms with van der Waals surface area (Å²) in [6.07, 6.45) is 5.26. The molecule has 0 spiro atoms. The Morgan fingerprint density at radius 2 is 1.93 bits per heavy atom. The monoisotopic (exact) mass is 377 g/mol. The lowest BCUT2D eigenvalue weighted by molar-refractivity contribution is -0.121. The minimum atomic E-state index is -0.337. The second-order valence-electron chi connectivity index (χ2n) is 7.69. The van der Waals surface area contributed by atoms with Crippen LogP contribution in [0.5, 0.6) is 5.75 Å². The highest BCUT2D eigenvalue weighted by molar-refractivity contribution is 7.88. The highest BCUT2D eigenvalue weighted by Gasteiger charge is 2.47. The third kappa shape index (κ3) is 2.69. The number of hydrogen-bond donors (Lipinski definition) is 0. The number of nitrogens with zero attached hydrogens (tertiary/aromatic N) is 1. The Morgan fingerprint density at radius 3 is 2.70 bits per heavy atom. The largest absolute Gasteiger partial charge is 0.497 e. The molecule has 5 rings (SSSR count). The zero-order valence-electron chi connectivity index (χ0n) is 15.6. The normalized spacial score (nSPS) is 28.5. The van der Waals surface area contributed by atoms with E-state index in [1.165, 1.54) is 27.2 Å². The molecule has 0 fully saturated rings. The summed E-state index contributed by atoms with van der Waals surface area (Å²) in [5, 5.41) is 0.315. The van der Waals surface area contributed by atoms with Crippen LogP contribution in [0.25, 0.3) is 5.57 Å². The lowest BCUT2D eigenvalue weighted by atomic mass is 9.71. The molecule has 0 N–H and O–H groups in total. The first kappa shape index (κ1) is 16.9. The summed E-state index contributed by atoms with van der Waals surface area (Å²) in [4.78, 5) is 13.9. The fourth-order valence-electron chi connectivity index (χ4n) is 4.79. The average Bonchev–Trinajstić information content (AvgIpc) is 3.04. The molecule has 3 nitrogen and oxygen atoms in total. The fraction of sp³-hybridized carbons (Fsp3) is 0.348. The number of amides is 1. The molecule has 1 heterocycles. The SMILES string of the molecule is COc1ccc2c(c1)CC[C@@H]1C2=CC[C@H]2C(=O)N=[S@@](c3ccc(C)cc3)[C@@H]12. The van der Waals surface area contributed by atoms with Crippen LogP contribution in [0.1, 0.15) is 29.5 Å². The molecule has 2 aromatic carbocycles. The predicted octanol–water partition coefficient (Wildman–Crippen LogP) is 4.74. The molecule has 0 unspecified atom stereocenters. The average molecular weight is 378 g/mol. The maximum atomic E-state index is 12.7. The van der Waals surface area contributed by atoms with Crippen molar-refractivity contribution in [1.29, 1.82) is 0 Å². The van der Waals surface area contributed by atoms with Gasteiger partial charge in [0.2, 0.25) is 0 Å². The van der Waals surface area contributed by atoms with Gasteiger partial charge >= 0.3 is 0 Å². The molecule has 0 saturated carbocycles. The van der Waals surface area contributed by atoms with Crippen molar-refractivity contribution in [3.05, 3.63) is 65.2 Å². The van der Waals surface area contributed by atoms with Crippen molar-refractivity contribution in [2.24, 2.45) is 16.2 Å². The van der Waals surface area contributed by atoms with Crippen molar-refractivity contribution >= 4 is 22.2 Å². The lowest BCUT2D eigenvalue weighted by Gasteiger charge is -2.38. The third-order valence-electron chi connectivity index (χ3n) is 6.16. The number of allylic oxidation sites excluding steroid dienone is 2. The van der Waals surface area contributed by atoms with Gasteiger partial charge in [0, 0.05) is 10.1 Å². The van der Waals surface area contributed by atoms with Gasteiger partial charge in [-0.2, -0.15) is 4.36 Å². The lowest BCUT2D eigenvalue weighted by Crippen LogP contribution is -2.37. The molecule has 3 aliphatic rings. The van der Waals surface area contributed by atoms with Gasteiger partial charge in [-0.15, -0.1) is 0 Å². The highest BCUT2D eigenvalue weighted by atomic mass is 32.2. The summed E-state index contributed by atoms with van der Waals surface area (Å²) >= 11 is 0. The zero-order valence-corrected chi connectivity index (χ0v) is 16.5. The van der Waals surface area contributed by atoms with Crippen molar-refractivity contribution in [3.63, 3.8) is 0 Å². The Balaban J connectivity index is 1.56. The van der Waals surface area contributed by atoms with E-state index in [9.17, 15) is 4.79 Å². The van der Waals surface area contributed by atoms with Crippen LogP contribution in [-0.2, 0) is 21.9 Å². The molecule has 138 valence electrons. The van der Waals surface area contributed by atoms with Gasteiger partial charge in [-0.25, -0.2) is 0 Å². The standard InChI is InChI=1S/C23H23NO2S/c1-14-3-7-17(8-4-14)27-22-20-9-5-15-13-16(26-2)6-10-18(15)19(20)11-12-21(22)23(25)24-27/h3-4,6-8,10-11,13,20-22H,5,9,12H2,1-2H3/t20-,21-,22+,27+/m1/s1. The third-order valence-corrected chi connectivity index (χ3v) is 8.46. The summed E-state index contributed by atoms with van der Waals surface area (Å²) in [6, 6.07) is 15.0. The maximum Gasteiger partial charge on any atom is 0.256 e. The van der Waals surface area contributed by atoms with Crippen molar-refractivity contribution in [2.45, 2.75) is 36.3 Å². The van der Waals surface area contributed by atoms with Crippen LogP contribution < -0.4 is 4.74 Å². The number of carbonyl (C=O) groups excluding carboxylic acids is 1. The van der Waals surface area contributed by atoms with Crippen LogP contribution in [0.3, 0.4) is 0 Å². The van der Waals surface area contributed by atoms with E-state index < -0.39 is 0 Å². The number of aryl methyl sites for hydroxylation is 2. The molecule has 2 aromatic rings. The topological polar surface area (TPSA) is 38.7 Å². The Kier molecular flexibility index (Phi) is 4.05. The fourth-order valence-corrected chi connectivity index (χ4v) is 7.21. The molecule has 0 aromatic heterocycles. The second kappa shape index (κ2) is 6.45. The van der Waals surface area contributed by atoms with Crippen molar-refractivity contribution in [1.82, 2.24) is 0 Å². The number of benzene rings is 2. The first-order valence-electron chi connectivity index (χ1n) is 9.58. The summed E-state index contributed by atoms with van der Waals surface area (Å²) in [5.74, 6) is 1.51. The minimum Gasteiger partial charge on any atom is -0.497 e. The van der Waals surface area contributed by atoms with Gasteiger partial charge < -0.3 is 4.74 Å². The van der Waals surface area contributed by atoms with E-state index in [1.54, 1.807) is 7.11 Å². The Bertz CT molecular complexity index is 990. The highest BCUT2D eigenvalue weighted by Crippen LogP contribution is 2.49. The number of methoxy groups -OCH3 is 1. The van der Waals surface area contributed by atoms with E-state index >= 15 is 0 Å². The summed E-state index contributed by atoms with van der Waals surface area (Å²) < 4.78 is 10.0. The van der Waals surface area contributed by atoms with Crippen LogP contribution in [0.2, 0.25) is 0 Å². The molecular formula is C23H23NO2S. The number of fused-ring (bicyclic) bond motifs is 5. The molecule has 0 saturated heterocycles. The van der Waals surface area contributed by atoms with E-state index in [0.717, 1.165) is 25.0 Å². The molecular weight excluding hydrogens is 354 g/mol. The maximum absolute atomic E-state index is 12.7. The number of ether oxygens (including phenoxy) is 1. The van der Waals surface area contributed by atoms with Gasteiger partial charge in [0.1, 0.15) is 5.75 Å². The molecule has 2 aliphatic carbocycles. The van der Waals surface area contributed by atoms with E-state index in [2.05, 4.69) is 59.8 Å². The Hall–Kier alpha value is -2.20. The van der Waals surface area contributed by atoms with Crippen LogP contribution >= 0.6 is 0 Å².